The summed E-state index contributed by atoms with van der Waals surface area (Å²) >= 11 is 1.65. The van der Waals surface area contributed by atoms with Crippen LogP contribution < -0.4 is 10.6 Å². The molecule has 21 heavy (non-hydrogen) atoms. The second kappa shape index (κ2) is 8.32. The quantitative estimate of drug-likeness (QED) is 0.877. The number of carbonyl (C=O) groups excluding carboxylic acids is 1. The van der Waals surface area contributed by atoms with Gasteiger partial charge in [0.15, 0.2) is 0 Å². The van der Waals surface area contributed by atoms with E-state index < -0.39 is 0 Å². The number of nitrogens with zero attached hydrogens (tertiary/aromatic N) is 1. The zero-order valence-electron chi connectivity index (χ0n) is 12.9. The third-order valence-corrected chi connectivity index (χ3v) is 4.82. The molecule has 1 saturated heterocycles. The smallest absolute Gasteiger partial charge is 0.223 e. The maximum Gasteiger partial charge on any atom is 0.223 e. The van der Waals surface area contributed by atoms with E-state index in [4.69, 9.17) is 0 Å². The molecule has 0 saturated carbocycles. The van der Waals surface area contributed by atoms with Crippen LogP contribution in [0.25, 0.3) is 0 Å². The molecule has 7 heteroatoms. The molecule has 0 spiro atoms. The summed E-state index contributed by atoms with van der Waals surface area (Å²) in [6.45, 7) is 9.14. The van der Waals surface area contributed by atoms with E-state index >= 15 is 0 Å². The van der Waals surface area contributed by atoms with Crippen LogP contribution in [0.1, 0.15) is 43.5 Å². The molecule has 0 unspecified atom stereocenters. The predicted molar refractivity (Wildman–Crippen MR) is 92.7 cm³/mol. The number of halogens is 2. The summed E-state index contributed by atoms with van der Waals surface area (Å²) in [5.74, 6) is 0.280. The lowest BCUT2D eigenvalue weighted by molar-refractivity contribution is -0.127. The van der Waals surface area contributed by atoms with Crippen LogP contribution in [0.3, 0.4) is 0 Å². The standard InChI is InChI=1S/C14H23N3OS.2ClH/c1-9-7-11(5-6-15-9)12(18)17-14(3,4)13-16-8-10(2)19-13;;/h8-9,11,15H,5-7H2,1-4H3,(H,17,18);2*1H/t9-,11-;;/m0../s1. The first-order chi connectivity index (χ1) is 8.88. The van der Waals surface area contributed by atoms with Gasteiger partial charge in [-0.05, 0) is 47.1 Å². The largest absolute Gasteiger partial charge is 0.344 e. The first-order valence-electron chi connectivity index (χ1n) is 6.87. The highest BCUT2D eigenvalue weighted by Crippen LogP contribution is 2.26. The van der Waals surface area contributed by atoms with Crippen molar-refractivity contribution in [1.82, 2.24) is 15.6 Å². The lowest BCUT2D eigenvalue weighted by Gasteiger charge is -2.31. The Labute approximate surface area is 143 Å². The second-order valence-electron chi connectivity index (χ2n) is 5.97. The van der Waals surface area contributed by atoms with Crippen LogP contribution in [0.2, 0.25) is 0 Å². The third-order valence-electron chi connectivity index (χ3n) is 3.59. The van der Waals surface area contributed by atoms with Gasteiger partial charge in [0.25, 0.3) is 0 Å². The molecule has 1 aromatic rings. The van der Waals surface area contributed by atoms with Crippen molar-refractivity contribution in [3.05, 3.63) is 16.1 Å². The molecule has 0 aromatic carbocycles. The summed E-state index contributed by atoms with van der Waals surface area (Å²) in [6.07, 6.45) is 3.70. The number of piperidine rings is 1. The lowest BCUT2D eigenvalue weighted by atomic mass is 9.91. The maximum atomic E-state index is 12.4. The average molecular weight is 354 g/mol. The van der Waals surface area contributed by atoms with Crippen LogP contribution >= 0.6 is 36.2 Å². The molecular formula is C14H25Cl2N3OS. The maximum absolute atomic E-state index is 12.4. The van der Waals surface area contributed by atoms with Crippen molar-refractivity contribution in [2.45, 2.75) is 52.1 Å². The van der Waals surface area contributed by atoms with Crippen molar-refractivity contribution in [3.63, 3.8) is 0 Å². The molecule has 122 valence electrons. The van der Waals surface area contributed by atoms with Crippen molar-refractivity contribution < 1.29 is 4.79 Å². The molecule has 4 nitrogen and oxygen atoms in total. The van der Waals surface area contributed by atoms with E-state index in [1.165, 1.54) is 4.88 Å². The van der Waals surface area contributed by atoms with Crippen LogP contribution in [0.15, 0.2) is 6.20 Å². The van der Waals surface area contributed by atoms with Gasteiger partial charge in [0.1, 0.15) is 5.01 Å². The Hall–Kier alpha value is -0.360. The average Bonchev–Trinajstić information content (AvgIpc) is 2.76. The van der Waals surface area contributed by atoms with Crippen molar-refractivity contribution >= 4 is 42.1 Å². The number of amides is 1. The van der Waals surface area contributed by atoms with E-state index in [2.05, 4.69) is 22.5 Å². The topological polar surface area (TPSA) is 54.0 Å². The monoisotopic (exact) mass is 353 g/mol. The fourth-order valence-electron chi connectivity index (χ4n) is 2.48. The van der Waals surface area contributed by atoms with Gasteiger partial charge in [-0.25, -0.2) is 4.98 Å². The third kappa shape index (κ3) is 5.40. The van der Waals surface area contributed by atoms with Crippen LogP contribution in [-0.2, 0) is 10.3 Å². The second-order valence-corrected chi connectivity index (χ2v) is 7.20. The number of nitrogens with one attached hydrogen (secondary N) is 2. The summed E-state index contributed by atoms with van der Waals surface area (Å²) in [4.78, 5) is 17.9. The van der Waals surface area contributed by atoms with E-state index in [0.29, 0.717) is 6.04 Å². The molecule has 2 N–H and O–H groups in total. The number of thiazole rings is 1. The fraction of sp³-hybridized carbons (Fsp3) is 0.714. The van der Waals surface area contributed by atoms with E-state index in [1.807, 2.05) is 27.0 Å². The van der Waals surface area contributed by atoms with Gasteiger partial charge in [-0.1, -0.05) is 0 Å². The van der Waals surface area contributed by atoms with Gasteiger partial charge < -0.3 is 10.6 Å². The minimum atomic E-state index is -0.385. The molecule has 2 heterocycles. The highest BCUT2D eigenvalue weighted by atomic mass is 35.5. The molecule has 0 bridgehead atoms. The molecular weight excluding hydrogens is 329 g/mol. The number of aromatic nitrogens is 1. The zero-order chi connectivity index (χ0) is 14.0. The Morgan fingerprint density at radius 1 is 1.48 bits per heavy atom. The number of hydrogen-bond acceptors (Lipinski definition) is 4. The Bertz CT molecular complexity index is 465. The number of rotatable bonds is 3. The molecule has 1 aliphatic rings. The highest BCUT2D eigenvalue weighted by Gasteiger charge is 2.31. The van der Waals surface area contributed by atoms with Gasteiger partial charge in [0.05, 0.1) is 5.54 Å². The predicted octanol–water partition coefficient (Wildman–Crippen LogP) is 3.03. The Balaban J connectivity index is 0.00000200. The number of carbonyl (C=O) groups is 1. The first kappa shape index (κ1) is 20.6. The van der Waals surface area contributed by atoms with Crippen LogP contribution in [0, 0.1) is 12.8 Å². The zero-order valence-corrected chi connectivity index (χ0v) is 15.4. The van der Waals surface area contributed by atoms with E-state index in [-0.39, 0.29) is 42.2 Å². The lowest BCUT2D eigenvalue weighted by Crippen LogP contribution is -2.48. The van der Waals surface area contributed by atoms with E-state index in [1.54, 1.807) is 11.3 Å². The minimum Gasteiger partial charge on any atom is -0.344 e. The highest BCUT2D eigenvalue weighted by molar-refractivity contribution is 7.11. The SMILES string of the molecule is Cc1cnc(C(C)(C)NC(=O)[C@H]2CCN[C@@H](C)C2)s1.Cl.Cl. The summed E-state index contributed by atoms with van der Waals surface area (Å²) in [5.41, 5.74) is -0.385. The molecule has 0 radical (unpaired) electrons. The molecule has 0 aliphatic carbocycles. The van der Waals surface area contributed by atoms with E-state index in [9.17, 15) is 4.79 Å². The molecule has 1 amide bonds. The van der Waals surface area contributed by atoms with Crippen LogP contribution in [-0.4, -0.2) is 23.5 Å². The first-order valence-corrected chi connectivity index (χ1v) is 7.68. The normalized spacial score (nSPS) is 21.9. The van der Waals surface area contributed by atoms with Gasteiger partial charge in [0.2, 0.25) is 5.91 Å². The molecule has 1 aromatic heterocycles. The van der Waals surface area contributed by atoms with Crippen LogP contribution in [0.4, 0.5) is 0 Å². The van der Waals surface area contributed by atoms with Crippen molar-refractivity contribution in [2.75, 3.05) is 6.54 Å². The summed E-state index contributed by atoms with van der Waals surface area (Å²) in [7, 11) is 0. The van der Waals surface area contributed by atoms with Crippen molar-refractivity contribution in [2.24, 2.45) is 5.92 Å². The summed E-state index contributed by atoms with van der Waals surface area (Å²) in [6, 6.07) is 0.426. The van der Waals surface area contributed by atoms with E-state index in [0.717, 1.165) is 24.4 Å². The van der Waals surface area contributed by atoms with Crippen molar-refractivity contribution in [3.8, 4) is 0 Å². The van der Waals surface area contributed by atoms with Gasteiger partial charge in [0, 0.05) is 23.0 Å². The summed E-state index contributed by atoms with van der Waals surface area (Å²) < 4.78 is 0. The molecule has 1 fully saturated rings. The summed E-state index contributed by atoms with van der Waals surface area (Å²) in [5, 5.41) is 7.50. The Morgan fingerprint density at radius 2 is 2.14 bits per heavy atom. The number of aryl methyl sites for hydroxylation is 1. The fourth-order valence-corrected chi connectivity index (χ4v) is 3.30. The molecule has 1 aliphatic heterocycles. The van der Waals surface area contributed by atoms with Crippen LogP contribution in [0.5, 0.6) is 0 Å². The Kier molecular flexibility index (Phi) is 8.18. The van der Waals surface area contributed by atoms with Crippen molar-refractivity contribution in [1.29, 1.82) is 0 Å². The van der Waals surface area contributed by atoms with Gasteiger partial charge in [-0.15, -0.1) is 36.2 Å². The van der Waals surface area contributed by atoms with Gasteiger partial charge in [-0.2, -0.15) is 0 Å². The van der Waals surface area contributed by atoms with Gasteiger partial charge >= 0.3 is 0 Å². The molecule has 2 rings (SSSR count). The Morgan fingerprint density at radius 3 is 2.67 bits per heavy atom. The minimum absolute atomic E-state index is 0. The van der Waals surface area contributed by atoms with Gasteiger partial charge in [-0.3, -0.25) is 4.79 Å². The molecule has 2 atom stereocenters. The number of hydrogen-bond donors (Lipinski definition) is 2.